The van der Waals surface area contributed by atoms with E-state index in [0.717, 1.165) is 29.6 Å². The molecule has 4 unspecified atom stereocenters. The maximum atomic E-state index is 11.4. The molecule has 11 heteroatoms. The largest absolute Gasteiger partial charge is 0.481 e. The van der Waals surface area contributed by atoms with Crippen molar-refractivity contribution in [2.24, 2.45) is 17.8 Å². The summed E-state index contributed by atoms with van der Waals surface area (Å²) < 4.78 is 21.9. The molecule has 0 saturated heterocycles. The van der Waals surface area contributed by atoms with Gasteiger partial charge in [-0.2, -0.15) is 0 Å². The molecule has 0 aliphatic rings. The number of hydrogen-bond donors (Lipinski definition) is 2. The standard InChI is InChI=1S/C33H64O7Si4/c1-11-28(3)18-16-17-23-43(9,38-41(5,6)24-21-29(4)12-2)40-44(10,31-19-14-13-15-20-31)39-42(7,8)25-22-30(26-32(34)35)27-33(36)37/h13-15,19-20,28-30H,11-12,16-18,21-27H2,1-10H3,(H,34,35)(H,36,37). The third-order valence-electron chi connectivity index (χ3n) is 8.96. The third kappa shape index (κ3) is 16.5. The molecule has 0 radical (unpaired) electrons. The summed E-state index contributed by atoms with van der Waals surface area (Å²) in [5, 5.41) is 19.8. The van der Waals surface area contributed by atoms with Gasteiger partial charge in [-0.05, 0) is 86.8 Å². The Balaban J connectivity index is 3.35. The molecule has 4 atom stereocenters. The molecule has 0 aliphatic heterocycles. The molecular formula is C33H64O7Si4. The number of unbranched alkanes of at least 4 members (excludes halogenated alkanes) is 1. The maximum Gasteiger partial charge on any atom is 0.350 e. The Morgan fingerprint density at radius 3 is 1.70 bits per heavy atom. The summed E-state index contributed by atoms with van der Waals surface area (Å²) in [6.07, 6.45) is 7.22. The van der Waals surface area contributed by atoms with Gasteiger partial charge in [0.2, 0.25) is 0 Å². The zero-order valence-electron chi connectivity index (χ0n) is 29.5. The molecule has 0 heterocycles. The predicted molar refractivity (Wildman–Crippen MR) is 192 cm³/mol. The second-order valence-corrected chi connectivity index (χ2v) is 30.4. The van der Waals surface area contributed by atoms with Crippen LogP contribution in [-0.2, 0) is 21.9 Å². The molecule has 0 aromatic heterocycles. The smallest absolute Gasteiger partial charge is 0.350 e. The summed E-state index contributed by atoms with van der Waals surface area (Å²) in [7, 11) is -10.1. The highest BCUT2D eigenvalue weighted by atomic mass is 28.5. The van der Waals surface area contributed by atoms with E-state index in [0.29, 0.717) is 18.4 Å². The van der Waals surface area contributed by atoms with Gasteiger partial charge in [-0.1, -0.05) is 96.6 Å². The molecule has 7 nitrogen and oxygen atoms in total. The molecule has 1 rings (SSSR count). The molecule has 0 amide bonds. The van der Waals surface area contributed by atoms with Crippen molar-refractivity contribution in [3.05, 3.63) is 30.3 Å². The normalized spacial score (nSPS) is 16.7. The summed E-state index contributed by atoms with van der Waals surface area (Å²) in [6, 6.07) is 13.0. The molecule has 0 spiro atoms. The molecular weight excluding hydrogens is 621 g/mol. The summed E-state index contributed by atoms with van der Waals surface area (Å²) in [6.45, 7) is 22.6. The van der Waals surface area contributed by atoms with Gasteiger partial charge in [0.15, 0.2) is 16.6 Å². The number of carboxylic acid groups (broad SMARTS) is 2. The van der Waals surface area contributed by atoms with Crippen molar-refractivity contribution < 1.29 is 32.1 Å². The number of carboxylic acids is 2. The second-order valence-electron chi connectivity index (χ2n) is 14.7. The Morgan fingerprint density at radius 2 is 1.18 bits per heavy atom. The average molecular weight is 685 g/mol. The van der Waals surface area contributed by atoms with E-state index in [2.05, 4.69) is 79.1 Å². The highest BCUT2D eigenvalue weighted by molar-refractivity contribution is 6.95. The van der Waals surface area contributed by atoms with E-state index in [-0.39, 0.29) is 12.8 Å². The van der Waals surface area contributed by atoms with Crippen LogP contribution >= 0.6 is 0 Å². The van der Waals surface area contributed by atoms with E-state index < -0.39 is 51.6 Å². The number of rotatable bonds is 24. The van der Waals surface area contributed by atoms with Gasteiger partial charge in [0.1, 0.15) is 0 Å². The highest BCUT2D eigenvalue weighted by Crippen LogP contribution is 2.33. The second kappa shape index (κ2) is 18.9. The average Bonchev–Trinajstić information content (AvgIpc) is 2.91. The Kier molecular flexibility index (Phi) is 17.6. The van der Waals surface area contributed by atoms with E-state index in [1.807, 2.05) is 18.2 Å². The van der Waals surface area contributed by atoms with Crippen LogP contribution < -0.4 is 5.19 Å². The van der Waals surface area contributed by atoms with Crippen LogP contribution in [0.15, 0.2) is 30.3 Å². The zero-order chi connectivity index (χ0) is 33.6. The molecule has 254 valence electrons. The summed E-state index contributed by atoms with van der Waals surface area (Å²) in [5.41, 5.74) is 0. The van der Waals surface area contributed by atoms with Crippen LogP contribution in [0.1, 0.15) is 85.5 Å². The van der Waals surface area contributed by atoms with Gasteiger partial charge in [-0.25, -0.2) is 0 Å². The molecule has 2 N–H and O–H groups in total. The van der Waals surface area contributed by atoms with E-state index in [9.17, 15) is 19.8 Å². The summed E-state index contributed by atoms with van der Waals surface area (Å²) in [4.78, 5) is 22.9. The third-order valence-corrected chi connectivity index (χ3v) is 25.6. The Hall–Kier alpha value is -1.09. The summed E-state index contributed by atoms with van der Waals surface area (Å²) >= 11 is 0. The van der Waals surface area contributed by atoms with Gasteiger partial charge in [0.05, 0.1) is 0 Å². The zero-order valence-corrected chi connectivity index (χ0v) is 33.5. The highest BCUT2D eigenvalue weighted by Gasteiger charge is 2.49. The molecule has 1 aromatic carbocycles. The maximum absolute atomic E-state index is 11.4. The minimum absolute atomic E-state index is 0.146. The van der Waals surface area contributed by atoms with Crippen LogP contribution in [0.25, 0.3) is 0 Å². The lowest BCUT2D eigenvalue weighted by Gasteiger charge is -2.44. The van der Waals surface area contributed by atoms with Crippen molar-refractivity contribution in [1.29, 1.82) is 0 Å². The minimum atomic E-state index is -2.98. The Bertz CT molecular complexity index is 978. The van der Waals surface area contributed by atoms with Crippen LogP contribution in [0.2, 0.25) is 57.4 Å². The molecule has 0 aliphatic carbocycles. The van der Waals surface area contributed by atoms with Crippen LogP contribution in [0.5, 0.6) is 0 Å². The first-order chi connectivity index (χ1) is 20.3. The molecule has 0 fully saturated rings. The van der Waals surface area contributed by atoms with Gasteiger partial charge in [0, 0.05) is 12.8 Å². The van der Waals surface area contributed by atoms with Crippen molar-refractivity contribution in [1.82, 2.24) is 0 Å². The van der Waals surface area contributed by atoms with Crippen molar-refractivity contribution in [3.8, 4) is 0 Å². The minimum Gasteiger partial charge on any atom is -0.481 e. The van der Waals surface area contributed by atoms with E-state index >= 15 is 0 Å². The van der Waals surface area contributed by atoms with E-state index in [1.54, 1.807) is 0 Å². The van der Waals surface area contributed by atoms with Crippen LogP contribution in [0.4, 0.5) is 0 Å². The fraction of sp³-hybridized carbons (Fsp3) is 0.758. The monoisotopic (exact) mass is 684 g/mol. The fourth-order valence-corrected chi connectivity index (χ4v) is 25.7. The van der Waals surface area contributed by atoms with Crippen LogP contribution in [0.3, 0.4) is 0 Å². The van der Waals surface area contributed by atoms with Crippen molar-refractivity contribution in [3.63, 3.8) is 0 Å². The van der Waals surface area contributed by atoms with Gasteiger partial charge in [-0.3, -0.25) is 9.59 Å². The number of benzene rings is 1. The lowest BCUT2D eigenvalue weighted by molar-refractivity contribution is -0.140. The van der Waals surface area contributed by atoms with Crippen molar-refractivity contribution in [2.75, 3.05) is 0 Å². The van der Waals surface area contributed by atoms with E-state index in [4.69, 9.17) is 12.3 Å². The topological polar surface area (TPSA) is 102 Å². The first-order valence-electron chi connectivity index (χ1n) is 16.9. The quantitative estimate of drug-likeness (QED) is 0.0827. The van der Waals surface area contributed by atoms with Gasteiger partial charge >= 0.3 is 29.1 Å². The molecule has 44 heavy (non-hydrogen) atoms. The Morgan fingerprint density at radius 1 is 0.682 bits per heavy atom. The number of carbonyl (C=O) groups is 2. The predicted octanol–water partition coefficient (Wildman–Crippen LogP) is 9.11. The summed E-state index contributed by atoms with van der Waals surface area (Å²) in [5.74, 6) is -0.945. The SMILES string of the molecule is CCC(C)CCCC[Si](C)(O[Si](C)(C)CCC(C)CC)O[Si](C)(O[Si](C)(C)CCC(CC(=O)O)CC(=O)O)c1ccccc1. The van der Waals surface area contributed by atoms with Crippen molar-refractivity contribution in [2.45, 2.75) is 143 Å². The fourth-order valence-electron chi connectivity index (χ4n) is 5.89. The van der Waals surface area contributed by atoms with E-state index in [1.165, 1.54) is 32.1 Å². The lowest BCUT2D eigenvalue weighted by atomic mass is 9.99. The van der Waals surface area contributed by atoms with Crippen LogP contribution in [-0.4, -0.2) is 55.9 Å². The van der Waals surface area contributed by atoms with Gasteiger partial charge in [0.25, 0.3) is 0 Å². The number of hydrogen-bond acceptors (Lipinski definition) is 5. The first-order valence-corrected chi connectivity index (χ1v) is 28.0. The van der Waals surface area contributed by atoms with Crippen LogP contribution in [0, 0.1) is 17.8 Å². The molecule has 0 bridgehead atoms. The lowest BCUT2D eigenvalue weighted by Crippen LogP contribution is -2.64. The number of aliphatic carboxylic acids is 2. The molecule has 1 aromatic rings. The van der Waals surface area contributed by atoms with Crippen molar-refractivity contribution >= 4 is 50.9 Å². The molecule has 0 saturated carbocycles. The van der Waals surface area contributed by atoms with Gasteiger partial charge < -0.3 is 22.6 Å². The Labute approximate surface area is 273 Å². The van der Waals surface area contributed by atoms with Gasteiger partial charge in [-0.15, -0.1) is 0 Å². The first kappa shape index (κ1) is 40.9.